The second-order valence-electron chi connectivity index (χ2n) is 25.1. The van der Waals surface area contributed by atoms with Crippen LogP contribution in [0.5, 0.6) is 0 Å². The first-order chi connectivity index (χ1) is 32.2. The summed E-state index contributed by atoms with van der Waals surface area (Å²) in [6.07, 6.45) is 66.6. The molecule has 0 bridgehead atoms. The summed E-state index contributed by atoms with van der Waals surface area (Å²) in [5.74, 6) is 5.34. The molecule has 4 aliphatic carbocycles. The van der Waals surface area contributed by atoms with Crippen molar-refractivity contribution in [2.24, 2.45) is 46.3 Å². The van der Waals surface area contributed by atoms with Crippen LogP contribution in [0.15, 0.2) is 11.6 Å². The topological polar surface area (TPSA) is 26.3 Å². The summed E-state index contributed by atoms with van der Waals surface area (Å²) in [4.78, 5) is 13.0. The van der Waals surface area contributed by atoms with Crippen molar-refractivity contribution in [3.05, 3.63) is 11.6 Å². The first-order valence-corrected chi connectivity index (χ1v) is 31.1. The van der Waals surface area contributed by atoms with Gasteiger partial charge in [0, 0.05) is 12.8 Å². The van der Waals surface area contributed by atoms with E-state index < -0.39 is 0 Å². The molecule has 0 amide bonds. The number of fused-ring (bicyclic) bond motifs is 5. The van der Waals surface area contributed by atoms with Gasteiger partial charge >= 0.3 is 5.97 Å². The third-order valence-corrected chi connectivity index (χ3v) is 19.3. The highest BCUT2D eigenvalue weighted by molar-refractivity contribution is 5.69. The normalized spacial score (nSPS) is 26.5. The Morgan fingerprint density at radius 2 is 0.970 bits per heavy atom. The summed E-state index contributed by atoms with van der Waals surface area (Å²) < 4.78 is 6.18. The van der Waals surface area contributed by atoms with Gasteiger partial charge in [-0.15, -0.1) is 0 Å². The molecule has 0 aromatic heterocycles. The van der Waals surface area contributed by atoms with E-state index in [1.54, 1.807) is 5.57 Å². The Morgan fingerprint density at radius 1 is 0.530 bits per heavy atom. The molecule has 0 saturated heterocycles. The minimum Gasteiger partial charge on any atom is -0.462 e. The summed E-state index contributed by atoms with van der Waals surface area (Å²) in [6.45, 7) is 15.0. The molecule has 4 rings (SSSR count). The molecule has 3 saturated carbocycles. The first kappa shape index (κ1) is 57.8. The molecule has 2 nitrogen and oxygen atoms in total. The SMILES string of the molecule is CCCCCCCCCCCCCCCCCCCCCCCCCCCCCCCCCCCCC(=O)OC1CCC2(C)C(=CCC3C2CCC2(C)C(C(C)CCCC(C)C)CCC32)C1. The molecule has 0 N–H and O–H groups in total. The molecule has 2 heteroatoms. The molecule has 8 atom stereocenters. The van der Waals surface area contributed by atoms with E-state index in [1.807, 2.05) is 0 Å². The van der Waals surface area contributed by atoms with Crippen LogP contribution in [0.2, 0.25) is 0 Å². The lowest BCUT2D eigenvalue weighted by molar-refractivity contribution is -0.151. The number of allylic oxidation sites excluding steroid dienone is 1. The van der Waals surface area contributed by atoms with Crippen molar-refractivity contribution >= 4 is 5.97 Å². The molecule has 0 aliphatic heterocycles. The molecule has 386 valence electrons. The van der Waals surface area contributed by atoms with Gasteiger partial charge in [-0.05, 0) is 97.7 Å². The highest BCUT2D eigenvalue weighted by Crippen LogP contribution is 2.67. The first-order valence-electron chi connectivity index (χ1n) is 31.1. The van der Waals surface area contributed by atoms with Crippen molar-refractivity contribution < 1.29 is 9.53 Å². The van der Waals surface area contributed by atoms with Crippen molar-refractivity contribution in [2.75, 3.05) is 0 Å². The number of ether oxygens (including phenoxy) is 1. The van der Waals surface area contributed by atoms with Crippen molar-refractivity contribution in [3.63, 3.8) is 0 Å². The van der Waals surface area contributed by atoms with Gasteiger partial charge in [0.15, 0.2) is 0 Å². The Labute approximate surface area is 414 Å². The Balaban J connectivity index is 0.871. The number of carbonyl (C=O) groups is 1. The van der Waals surface area contributed by atoms with E-state index >= 15 is 0 Å². The average molecular weight is 920 g/mol. The highest BCUT2D eigenvalue weighted by atomic mass is 16.5. The minimum absolute atomic E-state index is 0.0710. The lowest BCUT2D eigenvalue weighted by Crippen LogP contribution is -2.51. The number of carbonyl (C=O) groups excluding carboxylic acids is 1. The Hall–Kier alpha value is -0.790. The summed E-state index contributed by atoms with van der Waals surface area (Å²) in [6, 6.07) is 0. The maximum Gasteiger partial charge on any atom is 0.306 e. The lowest BCUT2D eigenvalue weighted by atomic mass is 9.47. The van der Waals surface area contributed by atoms with Crippen LogP contribution in [0.4, 0.5) is 0 Å². The van der Waals surface area contributed by atoms with Gasteiger partial charge in [0.05, 0.1) is 0 Å². The summed E-state index contributed by atoms with van der Waals surface area (Å²) in [7, 11) is 0. The van der Waals surface area contributed by atoms with E-state index in [4.69, 9.17) is 4.74 Å². The monoisotopic (exact) mass is 919 g/mol. The van der Waals surface area contributed by atoms with Crippen molar-refractivity contribution in [1.29, 1.82) is 0 Å². The fourth-order valence-electron chi connectivity index (χ4n) is 15.0. The molecule has 8 unspecified atom stereocenters. The third-order valence-electron chi connectivity index (χ3n) is 19.3. The zero-order valence-corrected chi connectivity index (χ0v) is 46.0. The van der Waals surface area contributed by atoms with Gasteiger partial charge in [-0.3, -0.25) is 4.79 Å². The summed E-state index contributed by atoms with van der Waals surface area (Å²) in [5, 5.41) is 0. The molecule has 4 aliphatic rings. The zero-order chi connectivity index (χ0) is 47.1. The quantitative estimate of drug-likeness (QED) is 0.0347. The van der Waals surface area contributed by atoms with Gasteiger partial charge in [0.25, 0.3) is 0 Å². The van der Waals surface area contributed by atoms with Crippen molar-refractivity contribution in [1.82, 2.24) is 0 Å². The number of hydrogen-bond acceptors (Lipinski definition) is 2. The van der Waals surface area contributed by atoms with Crippen LogP contribution in [0.25, 0.3) is 0 Å². The molecule has 66 heavy (non-hydrogen) atoms. The summed E-state index contributed by atoms with van der Waals surface area (Å²) >= 11 is 0. The summed E-state index contributed by atoms with van der Waals surface area (Å²) in [5.41, 5.74) is 2.54. The van der Waals surface area contributed by atoms with Gasteiger partial charge < -0.3 is 4.74 Å². The smallest absolute Gasteiger partial charge is 0.306 e. The van der Waals surface area contributed by atoms with E-state index in [0.717, 1.165) is 54.8 Å². The molecular formula is C64H118O2. The Kier molecular flexibility index (Phi) is 30.2. The fraction of sp³-hybridized carbons (Fsp3) is 0.953. The second-order valence-corrected chi connectivity index (χ2v) is 25.1. The maximum atomic E-state index is 13.0. The molecule has 0 aromatic carbocycles. The minimum atomic E-state index is 0.0710. The van der Waals surface area contributed by atoms with Gasteiger partial charge in [-0.25, -0.2) is 0 Å². The third kappa shape index (κ3) is 21.3. The van der Waals surface area contributed by atoms with Gasteiger partial charge in [0.1, 0.15) is 6.10 Å². The highest BCUT2D eigenvalue weighted by Gasteiger charge is 2.59. The average Bonchev–Trinajstić information content (AvgIpc) is 3.66. The van der Waals surface area contributed by atoms with E-state index in [9.17, 15) is 4.79 Å². The molecular weight excluding hydrogens is 801 g/mol. The van der Waals surface area contributed by atoms with E-state index in [-0.39, 0.29) is 12.1 Å². The van der Waals surface area contributed by atoms with Gasteiger partial charge in [-0.1, -0.05) is 284 Å². The number of hydrogen-bond donors (Lipinski definition) is 0. The molecule has 3 fully saturated rings. The number of unbranched alkanes of at least 4 members (excludes halogenated alkanes) is 33. The zero-order valence-electron chi connectivity index (χ0n) is 46.0. The molecule has 0 radical (unpaired) electrons. The van der Waals surface area contributed by atoms with Crippen LogP contribution < -0.4 is 0 Å². The van der Waals surface area contributed by atoms with Crippen molar-refractivity contribution in [3.8, 4) is 0 Å². The molecule has 0 heterocycles. The lowest BCUT2D eigenvalue weighted by Gasteiger charge is -2.58. The predicted molar refractivity (Wildman–Crippen MR) is 290 cm³/mol. The fourth-order valence-corrected chi connectivity index (χ4v) is 15.0. The van der Waals surface area contributed by atoms with Crippen LogP contribution in [-0.4, -0.2) is 12.1 Å². The number of esters is 1. The van der Waals surface area contributed by atoms with Gasteiger partial charge in [-0.2, -0.15) is 0 Å². The molecule has 0 aromatic rings. The van der Waals surface area contributed by atoms with Crippen LogP contribution in [0, 0.1) is 46.3 Å². The van der Waals surface area contributed by atoms with E-state index in [1.165, 1.54) is 270 Å². The van der Waals surface area contributed by atoms with Crippen molar-refractivity contribution in [2.45, 2.75) is 343 Å². The van der Waals surface area contributed by atoms with Crippen LogP contribution in [0.3, 0.4) is 0 Å². The van der Waals surface area contributed by atoms with E-state index in [0.29, 0.717) is 17.3 Å². The number of rotatable bonds is 41. The second kappa shape index (κ2) is 34.5. The van der Waals surface area contributed by atoms with Crippen LogP contribution in [0.1, 0.15) is 337 Å². The maximum absolute atomic E-state index is 13.0. The Morgan fingerprint density at radius 3 is 1.41 bits per heavy atom. The Bertz CT molecular complexity index is 1230. The standard InChI is InChI=1S/C64H118O2/c1-7-8-9-10-11-12-13-14-15-16-17-18-19-20-21-22-23-24-25-26-27-28-29-30-31-32-33-34-35-36-37-38-39-40-44-62(65)66-57-49-51-63(5)56(53-57)45-46-58-60-48-47-59(55(4)43-41-42-54(2)3)64(60,6)52-50-61(58)63/h45,54-55,57-61H,7-44,46-53H2,1-6H3. The van der Waals surface area contributed by atoms with Crippen LogP contribution >= 0.6 is 0 Å². The van der Waals surface area contributed by atoms with Gasteiger partial charge in [0.2, 0.25) is 0 Å². The largest absolute Gasteiger partial charge is 0.462 e. The van der Waals surface area contributed by atoms with E-state index in [2.05, 4.69) is 47.6 Å². The molecule has 0 spiro atoms. The predicted octanol–water partition coefficient (Wildman–Crippen LogP) is 21.6. The van der Waals surface area contributed by atoms with Crippen LogP contribution in [-0.2, 0) is 9.53 Å².